The fourth-order valence-corrected chi connectivity index (χ4v) is 2.30. The van der Waals surface area contributed by atoms with Crippen molar-refractivity contribution in [2.45, 2.75) is 18.4 Å². The number of nitrogens with zero attached hydrogens (tertiary/aromatic N) is 1. The average Bonchev–Trinajstić information content (AvgIpc) is 2.32. The van der Waals surface area contributed by atoms with E-state index in [1.807, 2.05) is 18.2 Å². The molecule has 0 aliphatic carbocycles. The van der Waals surface area contributed by atoms with Crippen LogP contribution in [-0.2, 0) is 0 Å². The van der Waals surface area contributed by atoms with Gasteiger partial charge in [-0.2, -0.15) is 0 Å². The smallest absolute Gasteiger partial charge is 0.119 e. The molecule has 3 heteroatoms. The van der Waals surface area contributed by atoms with Crippen molar-refractivity contribution in [3.05, 3.63) is 29.8 Å². The first-order chi connectivity index (χ1) is 7.70. The normalized spacial score (nSPS) is 26.7. The summed E-state index contributed by atoms with van der Waals surface area (Å²) in [6.45, 7) is 1.88. The van der Waals surface area contributed by atoms with Crippen molar-refractivity contribution in [3.63, 3.8) is 0 Å². The van der Waals surface area contributed by atoms with Crippen molar-refractivity contribution in [2.24, 2.45) is 0 Å². The van der Waals surface area contributed by atoms with Gasteiger partial charge in [0.2, 0.25) is 0 Å². The molecule has 1 aromatic carbocycles. The predicted molar refractivity (Wildman–Crippen MR) is 63.9 cm³/mol. The second-order valence-corrected chi connectivity index (χ2v) is 4.50. The molecule has 0 bridgehead atoms. The van der Waals surface area contributed by atoms with Crippen molar-refractivity contribution in [1.82, 2.24) is 4.90 Å². The Balaban J connectivity index is 2.20. The highest BCUT2D eigenvalue weighted by Crippen LogP contribution is 2.28. The van der Waals surface area contributed by atoms with Gasteiger partial charge < -0.3 is 14.7 Å². The van der Waals surface area contributed by atoms with Crippen molar-refractivity contribution in [2.75, 3.05) is 27.2 Å². The van der Waals surface area contributed by atoms with Crippen molar-refractivity contribution < 1.29 is 9.84 Å². The van der Waals surface area contributed by atoms with Crippen LogP contribution in [0.3, 0.4) is 0 Å². The van der Waals surface area contributed by atoms with E-state index in [9.17, 15) is 5.11 Å². The maximum Gasteiger partial charge on any atom is 0.119 e. The van der Waals surface area contributed by atoms with Gasteiger partial charge in [-0.1, -0.05) is 12.1 Å². The van der Waals surface area contributed by atoms with Gasteiger partial charge in [0, 0.05) is 19.0 Å². The highest BCUT2D eigenvalue weighted by atomic mass is 16.5. The van der Waals surface area contributed by atoms with Crippen LogP contribution in [0.15, 0.2) is 24.3 Å². The summed E-state index contributed by atoms with van der Waals surface area (Å²) in [6.07, 6.45) is 0.613. The van der Waals surface area contributed by atoms with Crippen LogP contribution < -0.4 is 4.74 Å². The molecule has 1 fully saturated rings. The third-order valence-corrected chi connectivity index (χ3v) is 3.30. The number of aliphatic hydroxyl groups is 1. The minimum Gasteiger partial charge on any atom is -0.497 e. The molecule has 88 valence electrons. The molecule has 3 nitrogen and oxygen atoms in total. The summed E-state index contributed by atoms with van der Waals surface area (Å²) in [5.74, 6) is 1.06. The number of ether oxygens (including phenoxy) is 1. The lowest BCUT2D eigenvalue weighted by molar-refractivity contribution is 0.0708. The number of hydrogen-bond acceptors (Lipinski definition) is 3. The van der Waals surface area contributed by atoms with E-state index >= 15 is 0 Å². The van der Waals surface area contributed by atoms with Crippen LogP contribution in [-0.4, -0.2) is 43.4 Å². The standard InChI is InChI=1S/C13H19NO2/c1-14-7-6-13(15)12(9-14)10-4-3-5-11(8-10)16-2/h3-5,8,12-13,15H,6-7,9H2,1-2H3. The summed E-state index contributed by atoms with van der Waals surface area (Å²) in [7, 11) is 3.77. The van der Waals surface area contributed by atoms with Crippen LogP contribution in [0.1, 0.15) is 17.9 Å². The fraction of sp³-hybridized carbons (Fsp3) is 0.538. The van der Waals surface area contributed by atoms with Gasteiger partial charge in [-0.3, -0.25) is 0 Å². The molecule has 0 spiro atoms. The molecular weight excluding hydrogens is 202 g/mol. The number of methoxy groups -OCH3 is 1. The zero-order valence-electron chi connectivity index (χ0n) is 9.89. The van der Waals surface area contributed by atoms with Gasteiger partial charge in [-0.15, -0.1) is 0 Å². The fourth-order valence-electron chi connectivity index (χ4n) is 2.30. The second-order valence-electron chi connectivity index (χ2n) is 4.50. The first kappa shape index (κ1) is 11.4. The molecule has 1 aliphatic rings. The van der Waals surface area contributed by atoms with E-state index in [1.165, 1.54) is 5.56 Å². The molecular formula is C13H19NO2. The Bertz CT molecular complexity index is 354. The van der Waals surface area contributed by atoms with E-state index in [-0.39, 0.29) is 12.0 Å². The van der Waals surface area contributed by atoms with E-state index in [0.717, 1.165) is 25.3 Å². The lowest BCUT2D eigenvalue weighted by Gasteiger charge is -2.34. The molecule has 1 saturated heterocycles. The van der Waals surface area contributed by atoms with E-state index in [1.54, 1.807) is 7.11 Å². The second kappa shape index (κ2) is 4.85. The number of piperidine rings is 1. The maximum atomic E-state index is 10.0. The highest BCUT2D eigenvalue weighted by molar-refractivity contribution is 5.32. The molecule has 1 aliphatic heterocycles. The number of likely N-dealkylation sites (tertiary alicyclic amines) is 1. The van der Waals surface area contributed by atoms with E-state index < -0.39 is 0 Å². The number of likely N-dealkylation sites (N-methyl/N-ethyl adjacent to an activating group) is 1. The van der Waals surface area contributed by atoms with Gasteiger partial charge >= 0.3 is 0 Å². The quantitative estimate of drug-likeness (QED) is 0.821. The number of benzene rings is 1. The Hall–Kier alpha value is -1.06. The summed E-state index contributed by atoms with van der Waals surface area (Å²) >= 11 is 0. The van der Waals surface area contributed by atoms with Crippen molar-refractivity contribution in [1.29, 1.82) is 0 Å². The van der Waals surface area contributed by atoms with E-state index in [2.05, 4.69) is 18.0 Å². The van der Waals surface area contributed by atoms with Crippen LogP contribution in [0.4, 0.5) is 0 Å². The van der Waals surface area contributed by atoms with Gasteiger partial charge in [0.15, 0.2) is 0 Å². The lowest BCUT2D eigenvalue weighted by Crippen LogP contribution is -2.39. The molecule has 1 heterocycles. The molecule has 16 heavy (non-hydrogen) atoms. The Kier molecular flexibility index (Phi) is 3.46. The van der Waals surface area contributed by atoms with E-state index in [0.29, 0.717) is 0 Å². The Morgan fingerprint density at radius 3 is 3.00 bits per heavy atom. The largest absolute Gasteiger partial charge is 0.497 e. The molecule has 2 atom stereocenters. The summed E-state index contributed by atoms with van der Waals surface area (Å²) < 4.78 is 5.21. The minimum absolute atomic E-state index is 0.203. The lowest BCUT2D eigenvalue weighted by atomic mass is 9.88. The molecule has 1 N–H and O–H groups in total. The van der Waals surface area contributed by atoms with E-state index in [4.69, 9.17) is 4.74 Å². The monoisotopic (exact) mass is 221 g/mol. The third-order valence-electron chi connectivity index (χ3n) is 3.30. The Labute approximate surface area is 96.6 Å². The van der Waals surface area contributed by atoms with Gasteiger partial charge in [0.25, 0.3) is 0 Å². The molecule has 0 saturated carbocycles. The summed E-state index contributed by atoms with van der Waals surface area (Å²) in [4.78, 5) is 2.26. The Morgan fingerprint density at radius 1 is 1.44 bits per heavy atom. The highest BCUT2D eigenvalue weighted by Gasteiger charge is 2.27. The molecule has 2 unspecified atom stereocenters. The number of hydrogen-bond donors (Lipinski definition) is 1. The molecule has 0 aromatic heterocycles. The average molecular weight is 221 g/mol. The van der Waals surface area contributed by atoms with Gasteiger partial charge in [0.05, 0.1) is 13.2 Å². The summed E-state index contributed by atoms with van der Waals surface area (Å²) in [5.41, 5.74) is 1.17. The van der Waals surface area contributed by atoms with Crippen molar-refractivity contribution in [3.8, 4) is 5.75 Å². The zero-order valence-corrected chi connectivity index (χ0v) is 9.89. The van der Waals surface area contributed by atoms with Gasteiger partial charge in [-0.05, 0) is 31.2 Å². The molecule has 1 aromatic rings. The third kappa shape index (κ3) is 2.36. The van der Waals surface area contributed by atoms with Crippen LogP contribution >= 0.6 is 0 Å². The molecule has 0 radical (unpaired) electrons. The number of aliphatic hydroxyl groups excluding tert-OH is 1. The minimum atomic E-state index is -0.233. The Morgan fingerprint density at radius 2 is 2.25 bits per heavy atom. The first-order valence-corrected chi connectivity index (χ1v) is 5.71. The zero-order chi connectivity index (χ0) is 11.5. The summed E-state index contributed by atoms with van der Waals surface area (Å²) in [6, 6.07) is 8.00. The van der Waals surface area contributed by atoms with Crippen molar-refractivity contribution >= 4 is 0 Å². The molecule has 2 rings (SSSR count). The predicted octanol–water partition coefficient (Wildman–Crippen LogP) is 1.48. The van der Waals surface area contributed by atoms with Crippen LogP contribution in [0.5, 0.6) is 5.75 Å². The maximum absolute atomic E-state index is 10.0. The first-order valence-electron chi connectivity index (χ1n) is 5.71. The van der Waals surface area contributed by atoms with Crippen LogP contribution in [0.25, 0.3) is 0 Å². The van der Waals surface area contributed by atoms with Gasteiger partial charge in [0.1, 0.15) is 5.75 Å². The van der Waals surface area contributed by atoms with Crippen LogP contribution in [0.2, 0.25) is 0 Å². The van der Waals surface area contributed by atoms with Gasteiger partial charge in [-0.25, -0.2) is 0 Å². The SMILES string of the molecule is COc1cccc(C2CN(C)CCC2O)c1. The van der Waals surface area contributed by atoms with Crippen LogP contribution in [0, 0.1) is 0 Å². The number of rotatable bonds is 2. The molecule has 0 amide bonds. The topological polar surface area (TPSA) is 32.7 Å². The summed E-state index contributed by atoms with van der Waals surface area (Å²) in [5, 5.41) is 10.0.